The second-order valence-corrected chi connectivity index (χ2v) is 8.25. The first-order chi connectivity index (χ1) is 16.5. The number of nitrogens with zero attached hydrogens (tertiary/aromatic N) is 4. The minimum atomic E-state index is -0.523. The predicted octanol–water partition coefficient (Wildman–Crippen LogP) is 4.53. The molecule has 2 heterocycles. The highest BCUT2D eigenvalue weighted by Crippen LogP contribution is 2.32. The van der Waals surface area contributed by atoms with Gasteiger partial charge in [-0.15, -0.1) is 10.2 Å². The van der Waals surface area contributed by atoms with Gasteiger partial charge in [-0.1, -0.05) is 61.3 Å². The van der Waals surface area contributed by atoms with Gasteiger partial charge < -0.3 is 9.30 Å². The highest BCUT2D eigenvalue weighted by Gasteiger charge is 2.15. The number of carbonyl (C=O) groups excluding carboxylic acids is 1. The first kappa shape index (κ1) is 23.4. The Labute approximate surface area is 201 Å². The van der Waals surface area contributed by atoms with E-state index in [-0.39, 0.29) is 11.1 Å². The summed E-state index contributed by atoms with van der Waals surface area (Å²) >= 11 is 6.68. The average molecular weight is 478 g/mol. The Hall–Kier alpha value is -3.78. The Kier molecular flexibility index (Phi) is 7.18. The molecule has 1 N–H and O–H groups in total. The molecule has 0 saturated carbocycles. The van der Waals surface area contributed by atoms with Gasteiger partial charge in [0.15, 0.2) is 0 Å². The van der Waals surface area contributed by atoms with E-state index in [1.165, 1.54) is 13.2 Å². The number of rotatable bonds is 8. The minimum Gasteiger partial charge on any atom is -0.465 e. The van der Waals surface area contributed by atoms with Gasteiger partial charge in [0.1, 0.15) is 0 Å². The zero-order valence-electron chi connectivity index (χ0n) is 18.9. The lowest BCUT2D eigenvalue weighted by molar-refractivity contribution is 0.0600. The predicted molar refractivity (Wildman–Crippen MR) is 130 cm³/mol. The molecule has 0 amide bonds. The van der Waals surface area contributed by atoms with Crippen molar-refractivity contribution in [2.24, 2.45) is 0 Å². The van der Waals surface area contributed by atoms with Crippen LogP contribution < -0.4 is 5.56 Å². The molecule has 0 fully saturated rings. The molecule has 0 aliphatic carbocycles. The molecule has 4 rings (SSSR count). The number of aryl methyl sites for hydroxylation is 1. The van der Waals surface area contributed by atoms with Crippen LogP contribution in [0.5, 0.6) is 0 Å². The number of hydrogen-bond donors (Lipinski definition) is 1. The summed E-state index contributed by atoms with van der Waals surface area (Å²) < 4.78 is 6.46. The normalized spacial score (nSPS) is 10.9. The number of halogens is 1. The molecule has 0 bridgehead atoms. The van der Waals surface area contributed by atoms with E-state index in [4.69, 9.17) is 16.3 Å². The van der Waals surface area contributed by atoms with Crippen molar-refractivity contribution < 1.29 is 9.53 Å². The molecule has 34 heavy (non-hydrogen) atoms. The molecule has 8 nitrogen and oxygen atoms in total. The summed E-state index contributed by atoms with van der Waals surface area (Å²) in [4.78, 5) is 24.9. The van der Waals surface area contributed by atoms with Crippen LogP contribution in [0, 0.1) is 0 Å². The van der Waals surface area contributed by atoms with Crippen LogP contribution in [0.1, 0.15) is 41.4 Å². The van der Waals surface area contributed by atoms with Crippen LogP contribution in [0.25, 0.3) is 22.5 Å². The van der Waals surface area contributed by atoms with Gasteiger partial charge in [0.25, 0.3) is 5.56 Å². The smallest absolute Gasteiger partial charge is 0.338 e. The quantitative estimate of drug-likeness (QED) is 0.374. The molecule has 174 valence electrons. The number of aromatic nitrogens is 5. The van der Waals surface area contributed by atoms with Crippen molar-refractivity contribution in [2.45, 2.75) is 32.7 Å². The van der Waals surface area contributed by atoms with Gasteiger partial charge in [0, 0.05) is 22.3 Å². The van der Waals surface area contributed by atoms with Crippen LogP contribution in [0.3, 0.4) is 0 Å². The van der Waals surface area contributed by atoms with E-state index < -0.39 is 5.97 Å². The van der Waals surface area contributed by atoms with Gasteiger partial charge in [-0.05, 0) is 46.9 Å². The van der Waals surface area contributed by atoms with Crippen LogP contribution in [-0.2, 0) is 17.7 Å². The number of unbranched alkanes of at least 4 members (excludes halogenated alkanes) is 1. The zero-order chi connectivity index (χ0) is 24.1. The fraction of sp³-hybridized carbons (Fsp3) is 0.240. The molecule has 0 unspecified atom stereocenters. The largest absolute Gasteiger partial charge is 0.465 e. The molecule has 0 aliphatic heterocycles. The van der Waals surface area contributed by atoms with Crippen LogP contribution in [0.15, 0.2) is 59.4 Å². The number of ether oxygens (including phenoxy) is 1. The lowest BCUT2D eigenvalue weighted by atomic mass is 9.98. The maximum Gasteiger partial charge on any atom is 0.338 e. The Balaban J connectivity index is 1.69. The van der Waals surface area contributed by atoms with Crippen molar-refractivity contribution in [3.63, 3.8) is 0 Å². The molecule has 0 aliphatic rings. The van der Waals surface area contributed by atoms with Gasteiger partial charge in [0.05, 0.1) is 19.2 Å². The van der Waals surface area contributed by atoms with Crippen molar-refractivity contribution in [3.8, 4) is 22.5 Å². The van der Waals surface area contributed by atoms with E-state index >= 15 is 0 Å². The van der Waals surface area contributed by atoms with Crippen LogP contribution in [0.2, 0.25) is 5.02 Å². The first-order valence-corrected chi connectivity index (χ1v) is 11.3. The molecular weight excluding hydrogens is 454 g/mol. The molecule has 0 spiro atoms. The topological polar surface area (TPSA) is 103 Å². The van der Waals surface area contributed by atoms with E-state index in [0.29, 0.717) is 23.8 Å². The number of H-pyrrole nitrogens is 1. The summed E-state index contributed by atoms with van der Waals surface area (Å²) in [6, 6.07) is 16.5. The highest BCUT2D eigenvalue weighted by atomic mass is 35.5. The molecule has 4 aromatic rings. The van der Waals surface area contributed by atoms with Crippen molar-refractivity contribution in [3.05, 3.63) is 86.8 Å². The first-order valence-electron chi connectivity index (χ1n) is 11.0. The Bertz CT molecular complexity index is 1370. The second-order valence-electron chi connectivity index (χ2n) is 7.84. The van der Waals surface area contributed by atoms with E-state index in [0.717, 1.165) is 40.8 Å². The van der Waals surface area contributed by atoms with Gasteiger partial charge >= 0.3 is 5.97 Å². The van der Waals surface area contributed by atoms with Crippen LogP contribution in [-0.4, -0.2) is 38.3 Å². The average Bonchev–Trinajstić information content (AvgIpc) is 3.39. The molecule has 2 aromatic carbocycles. The van der Waals surface area contributed by atoms with Gasteiger partial charge in [-0.3, -0.25) is 4.79 Å². The third-order valence-corrected chi connectivity index (χ3v) is 5.98. The lowest BCUT2D eigenvalue weighted by Crippen LogP contribution is -2.25. The van der Waals surface area contributed by atoms with Gasteiger partial charge in [-0.25, -0.2) is 4.79 Å². The highest BCUT2D eigenvalue weighted by molar-refractivity contribution is 6.31. The number of aromatic amines is 1. The molecule has 0 saturated heterocycles. The summed E-state index contributed by atoms with van der Waals surface area (Å²) in [6.07, 6.45) is 2.53. The molecule has 0 atom stereocenters. The van der Waals surface area contributed by atoms with E-state index in [1.807, 2.05) is 42.5 Å². The Morgan fingerprint density at radius 2 is 1.91 bits per heavy atom. The van der Waals surface area contributed by atoms with Crippen molar-refractivity contribution >= 4 is 17.6 Å². The third-order valence-electron chi connectivity index (χ3n) is 5.63. The lowest BCUT2D eigenvalue weighted by Gasteiger charge is -2.16. The third kappa shape index (κ3) is 4.92. The number of esters is 1. The number of hydrogen-bond acceptors (Lipinski definition) is 6. The van der Waals surface area contributed by atoms with Gasteiger partial charge in [-0.2, -0.15) is 5.21 Å². The molecule has 0 radical (unpaired) electrons. The van der Waals surface area contributed by atoms with Crippen molar-refractivity contribution in [1.29, 1.82) is 0 Å². The van der Waals surface area contributed by atoms with E-state index in [1.54, 1.807) is 10.6 Å². The summed E-state index contributed by atoms with van der Waals surface area (Å²) in [6.45, 7) is 2.37. The van der Waals surface area contributed by atoms with Crippen LogP contribution >= 0.6 is 11.6 Å². The number of benzene rings is 2. The monoisotopic (exact) mass is 477 g/mol. The number of pyridine rings is 1. The molecule has 9 heteroatoms. The standard InChI is InChI=1S/C25H24ClN5O3/c1-3-4-7-19-12-18(25(33)34-2)14-23(32)31(19)15-17-11-10-16(13-22(17)26)20-8-5-6-9-21(20)24-27-29-30-28-24/h5-6,8-14H,3-4,7,15H2,1-2H3,(H,27,28,29,30). The molecular formula is C25H24ClN5O3. The van der Waals surface area contributed by atoms with Crippen molar-refractivity contribution in [1.82, 2.24) is 25.2 Å². The zero-order valence-corrected chi connectivity index (χ0v) is 19.7. The van der Waals surface area contributed by atoms with Crippen LogP contribution in [0.4, 0.5) is 0 Å². The summed E-state index contributed by atoms with van der Waals surface area (Å²) in [5.41, 5.74) is 4.21. The fourth-order valence-electron chi connectivity index (χ4n) is 3.85. The second kappa shape index (κ2) is 10.4. The number of carbonyl (C=O) groups is 1. The Morgan fingerprint density at radius 3 is 2.59 bits per heavy atom. The number of tetrazole rings is 1. The molecule has 2 aromatic heterocycles. The van der Waals surface area contributed by atoms with Gasteiger partial charge in [0.2, 0.25) is 5.82 Å². The maximum atomic E-state index is 12.9. The number of methoxy groups -OCH3 is 1. The summed E-state index contributed by atoms with van der Waals surface area (Å²) in [5.74, 6) is -0.0294. The maximum absolute atomic E-state index is 12.9. The minimum absolute atomic E-state index is 0.259. The van der Waals surface area contributed by atoms with E-state index in [9.17, 15) is 9.59 Å². The number of nitrogens with one attached hydrogen (secondary N) is 1. The SMILES string of the molecule is CCCCc1cc(C(=O)OC)cc(=O)n1Cc1ccc(-c2ccccc2-c2nn[nH]n2)cc1Cl. The summed E-state index contributed by atoms with van der Waals surface area (Å²) in [7, 11) is 1.30. The van der Waals surface area contributed by atoms with Crippen molar-refractivity contribution in [2.75, 3.05) is 7.11 Å². The Morgan fingerprint density at radius 1 is 1.12 bits per heavy atom. The fourth-order valence-corrected chi connectivity index (χ4v) is 4.09. The van der Waals surface area contributed by atoms with E-state index in [2.05, 4.69) is 27.5 Å². The summed E-state index contributed by atoms with van der Waals surface area (Å²) in [5, 5.41) is 14.8.